The van der Waals surface area contributed by atoms with E-state index in [2.05, 4.69) is 90.1 Å². The monoisotopic (exact) mass is 1750 g/mol. The van der Waals surface area contributed by atoms with Gasteiger partial charge in [0, 0.05) is 56.0 Å². The van der Waals surface area contributed by atoms with Crippen LogP contribution >= 0.6 is 11.8 Å². The smallest absolute Gasteiger partial charge is 0.326 e. The van der Waals surface area contributed by atoms with Crippen LogP contribution in [0.3, 0.4) is 0 Å². The molecular formula is C77H128N28O17S. The largest absolute Gasteiger partial charge is 0.480 e. The highest BCUT2D eigenvalue weighted by Crippen LogP contribution is 2.20. The second-order valence-corrected chi connectivity index (χ2v) is 30.3. The summed E-state index contributed by atoms with van der Waals surface area (Å²) in [5.74, 6) is -15.3. The number of carbonyl (C=O) groups is 15. The third-order valence-electron chi connectivity index (χ3n) is 19.2. The van der Waals surface area contributed by atoms with Gasteiger partial charge in [0.05, 0.1) is 25.2 Å². The number of rotatable bonds is 62. The first-order valence-electron chi connectivity index (χ1n) is 40.8. The van der Waals surface area contributed by atoms with Crippen molar-refractivity contribution in [3.05, 3.63) is 71.9 Å². The first-order valence-corrected chi connectivity index (χ1v) is 42.2. The van der Waals surface area contributed by atoms with E-state index in [9.17, 15) is 82.1 Å². The number of aliphatic hydroxyl groups is 1. The second-order valence-electron chi connectivity index (χ2n) is 29.3. The molecule has 0 unspecified atom stereocenters. The lowest BCUT2D eigenvalue weighted by molar-refractivity contribution is -0.142. The summed E-state index contributed by atoms with van der Waals surface area (Å²) in [6.07, 6.45) is 3.31. The Balaban J connectivity index is 1.92. The van der Waals surface area contributed by atoms with Crippen LogP contribution in [0, 0.1) is 16.2 Å². The Morgan fingerprint density at radius 2 is 0.805 bits per heavy atom. The SMILES string of the molecule is CSCC[C@H](NC(=O)[C@H](CCC(N)=O)NC(=O)[C@H](CCCNC(=N)N)NC(=O)CNC(=O)[C@H](Cc1c[nH]c2ccccc12)NC(=O)CNC(=O)[C@H](CCCNC(=N)N)NC(=O)[C@H](CCCNC(=N)N)NC(=O)[C@H](C)NC(=O)[C@@H](NC(=O)[C@H](Cc1ccccc1)NC(=O)[C@H](CCCCN)NC(=O)[C@@H](N)CCCCN)[C@@H](C)O)C(=O)N[C@@H](CCCCN)C(=O)O. The van der Waals surface area contributed by atoms with E-state index in [-0.39, 0.29) is 110 Å². The van der Waals surface area contributed by atoms with Crippen LogP contribution in [0.1, 0.15) is 141 Å². The normalized spacial score (nSPS) is 14.2. The lowest BCUT2D eigenvalue weighted by Gasteiger charge is -2.28. The number of carboxylic acids is 1. The van der Waals surface area contributed by atoms with Crippen molar-refractivity contribution in [3.63, 3.8) is 0 Å². The Morgan fingerprint density at radius 1 is 0.415 bits per heavy atom. The summed E-state index contributed by atoms with van der Waals surface area (Å²) in [6.45, 7) is 1.64. The Labute approximate surface area is 717 Å². The van der Waals surface area contributed by atoms with Crippen molar-refractivity contribution < 1.29 is 82.1 Å². The van der Waals surface area contributed by atoms with Crippen LogP contribution in [-0.2, 0) is 84.8 Å². The minimum atomic E-state index is -1.79. The molecular weight excluding hydrogens is 1620 g/mol. The molecule has 13 atom stereocenters. The standard InChI is InChI=1S/C77H128N28O17S/c1-43(95-73(120)62(44(2)106)105-72(119)57(38-45-18-5-4-6-19-45)104-69(116)52(23-10-13-32-79)99-64(111)48(81)21-9-12-31-78)63(110)98-53(27-17-36-91-77(87)88)68(115)100-50(25-15-34-89-75(83)84)65(112)93-42-61(109)97-58(39-46-40-92-49-22-8-7-20-47(46)49)66(113)94-41-60(108)96-51(26-16-35-90-76(85)86)67(114)101-54(28-29-59(82)107)70(117)102-55(30-37-123-3)71(118)103-56(74(121)122)24-11-14-33-80/h4-8,18-20,22,40,43-44,48,50-58,62,92,106H,9-17,21,23-39,41-42,78-81H2,1-3H3,(H2,82,107)(H,93,112)(H,94,113)(H,95,120)(H,96,108)(H,97,109)(H,98,110)(H,99,111)(H,100,115)(H,101,114)(H,102,117)(H,103,118)(H,104,116)(H,105,119)(H,121,122)(H4,83,84,89)(H4,85,86,90)(H4,87,88,91)/t43-,44+,48-,50-,51-,52-,53-,54-,55-,56-,57-,58-,62-/m0/s1. The van der Waals surface area contributed by atoms with Crippen LogP contribution in [0.15, 0.2) is 60.8 Å². The number of nitrogens with one attached hydrogen (secondary N) is 20. The molecule has 3 rings (SSSR count). The van der Waals surface area contributed by atoms with Gasteiger partial charge in [-0.25, -0.2) is 4.79 Å². The molecule has 0 aliphatic heterocycles. The summed E-state index contributed by atoms with van der Waals surface area (Å²) < 4.78 is 0. The molecule has 0 saturated heterocycles. The summed E-state index contributed by atoms with van der Waals surface area (Å²) in [5, 5.41) is 85.1. The van der Waals surface area contributed by atoms with E-state index in [1.54, 1.807) is 67.0 Å². The van der Waals surface area contributed by atoms with Crippen molar-refractivity contribution in [2.24, 2.45) is 45.9 Å². The zero-order valence-corrected chi connectivity index (χ0v) is 70.6. The molecule has 14 amide bonds. The number of aliphatic carboxylic acids is 1. The van der Waals surface area contributed by atoms with Crippen LogP contribution in [0.5, 0.6) is 0 Å². The molecule has 0 spiro atoms. The van der Waals surface area contributed by atoms with Gasteiger partial charge < -0.3 is 146 Å². The lowest BCUT2D eigenvalue weighted by Crippen LogP contribution is -2.61. The Bertz CT molecular complexity index is 3970. The number of carboxylic acid groups (broad SMARTS) is 1. The highest BCUT2D eigenvalue weighted by Gasteiger charge is 2.37. The third-order valence-corrected chi connectivity index (χ3v) is 19.8. The number of aromatic nitrogens is 1. The van der Waals surface area contributed by atoms with Gasteiger partial charge in [0.15, 0.2) is 17.9 Å². The molecule has 0 saturated carbocycles. The van der Waals surface area contributed by atoms with E-state index in [0.29, 0.717) is 72.9 Å². The van der Waals surface area contributed by atoms with Gasteiger partial charge in [-0.1, -0.05) is 55.0 Å². The number of H-pyrrole nitrogens is 1. The molecule has 1 aromatic heterocycles. The number of hydrogen-bond donors (Lipinski definition) is 30. The Hall–Kier alpha value is -12.0. The Morgan fingerprint density at radius 3 is 1.28 bits per heavy atom. The number of fused-ring (bicyclic) bond motifs is 1. The average molecular weight is 1750 g/mol. The highest BCUT2D eigenvalue weighted by atomic mass is 32.2. The highest BCUT2D eigenvalue weighted by molar-refractivity contribution is 7.98. The van der Waals surface area contributed by atoms with E-state index in [4.69, 9.17) is 62.1 Å². The number of guanidine groups is 3. The van der Waals surface area contributed by atoms with Crippen LogP contribution in [0.25, 0.3) is 10.9 Å². The van der Waals surface area contributed by atoms with Crippen molar-refractivity contribution in [3.8, 4) is 0 Å². The summed E-state index contributed by atoms with van der Waals surface area (Å²) in [6, 6.07) is -1.81. The maximum Gasteiger partial charge on any atom is 0.326 e. The molecule has 123 heavy (non-hydrogen) atoms. The van der Waals surface area contributed by atoms with Gasteiger partial charge in [0.25, 0.3) is 0 Å². The number of aliphatic hydroxyl groups excluding tert-OH is 1. The molecule has 38 N–H and O–H groups in total. The fourth-order valence-corrected chi connectivity index (χ4v) is 12.9. The number of nitrogens with two attached hydrogens (primary N) is 8. The maximum absolute atomic E-state index is 14.5. The molecule has 0 aliphatic carbocycles. The summed E-state index contributed by atoms with van der Waals surface area (Å²) >= 11 is 1.32. The zero-order chi connectivity index (χ0) is 91.5. The van der Waals surface area contributed by atoms with Gasteiger partial charge >= 0.3 is 5.97 Å². The predicted molar refractivity (Wildman–Crippen MR) is 460 cm³/mol. The van der Waals surface area contributed by atoms with Gasteiger partial charge in [-0.3, -0.25) is 83.4 Å². The fourth-order valence-electron chi connectivity index (χ4n) is 12.4. The fraction of sp³-hybridized carbons (Fsp3) is 0.584. The van der Waals surface area contributed by atoms with Crippen molar-refractivity contribution in [1.82, 2.24) is 90.1 Å². The molecule has 0 bridgehead atoms. The molecule has 684 valence electrons. The first-order chi connectivity index (χ1) is 58.5. The van der Waals surface area contributed by atoms with Gasteiger partial charge in [-0.05, 0) is 165 Å². The minimum Gasteiger partial charge on any atom is -0.480 e. The number of primary amides is 1. The topological polar surface area (TPSA) is 784 Å². The number of thioether (sulfide) groups is 1. The average Bonchev–Trinajstić information content (AvgIpc) is 1.70. The van der Waals surface area contributed by atoms with E-state index in [1.165, 1.54) is 25.6 Å². The second kappa shape index (κ2) is 58.1. The van der Waals surface area contributed by atoms with Crippen molar-refractivity contribution in [2.45, 2.75) is 221 Å². The number of aromatic amines is 1. The summed E-state index contributed by atoms with van der Waals surface area (Å²) in [7, 11) is 0. The molecule has 45 nitrogen and oxygen atoms in total. The molecule has 46 heteroatoms. The van der Waals surface area contributed by atoms with E-state index < -0.39 is 211 Å². The number of para-hydroxylation sites is 1. The molecule has 1 heterocycles. The van der Waals surface area contributed by atoms with Gasteiger partial charge in [0.1, 0.15) is 66.5 Å². The van der Waals surface area contributed by atoms with Crippen LogP contribution in [0.4, 0.5) is 0 Å². The third kappa shape index (κ3) is 41.9. The van der Waals surface area contributed by atoms with Crippen molar-refractivity contribution >= 4 is 129 Å². The molecule has 0 fully saturated rings. The molecule has 0 aliphatic rings. The van der Waals surface area contributed by atoms with E-state index >= 15 is 0 Å². The number of carbonyl (C=O) groups excluding carboxylic acids is 14. The van der Waals surface area contributed by atoms with Gasteiger partial charge in [-0.2, -0.15) is 11.8 Å². The maximum atomic E-state index is 14.5. The zero-order valence-electron chi connectivity index (χ0n) is 69.8. The van der Waals surface area contributed by atoms with Gasteiger partial charge in [-0.15, -0.1) is 0 Å². The lowest BCUT2D eigenvalue weighted by atomic mass is 10.0. The number of unbranched alkanes of at least 4 members (excludes halogenated alkanes) is 3. The number of amides is 14. The minimum absolute atomic E-state index is 0.00529. The van der Waals surface area contributed by atoms with Crippen LogP contribution < -0.4 is 131 Å². The summed E-state index contributed by atoms with van der Waals surface area (Å²) in [5.41, 5.74) is 46.8. The van der Waals surface area contributed by atoms with E-state index in [1.807, 2.05) is 0 Å². The number of benzene rings is 2. The van der Waals surface area contributed by atoms with E-state index in [0.717, 1.165) is 0 Å². The van der Waals surface area contributed by atoms with Crippen molar-refractivity contribution in [1.29, 1.82) is 16.2 Å². The molecule has 3 aromatic rings. The predicted octanol–water partition coefficient (Wildman–Crippen LogP) is -7.47. The Kier molecular flexibility index (Phi) is 49.7. The van der Waals surface area contributed by atoms with Crippen LogP contribution in [0.2, 0.25) is 0 Å². The molecule has 2 aromatic carbocycles. The van der Waals surface area contributed by atoms with Crippen LogP contribution in [-0.4, -0.2) is 265 Å². The summed E-state index contributed by atoms with van der Waals surface area (Å²) in [4.78, 5) is 211. The van der Waals surface area contributed by atoms with Gasteiger partial charge in [0.2, 0.25) is 82.7 Å². The quantitative estimate of drug-likeness (QED) is 0.0142. The molecule has 0 radical (unpaired) electrons. The number of hydrogen-bond acceptors (Lipinski definition) is 24. The first kappa shape index (κ1) is 105. The van der Waals surface area contributed by atoms with Crippen molar-refractivity contribution in [2.75, 3.05) is 64.4 Å².